The van der Waals surface area contributed by atoms with E-state index >= 15 is 0 Å². The van der Waals surface area contributed by atoms with Crippen molar-refractivity contribution in [2.24, 2.45) is 0 Å². The highest BCUT2D eigenvalue weighted by atomic mass is 19.1. The molecule has 1 fully saturated rings. The van der Waals surface area contributed by atoms with Crippen LogP contribution in [0, 0.1) is 5.82 Å². The van der Waals surface area contributed by atoms with Crippen molar-refractivity contribution < 1.29 is 14.2 Å². The summed E-state index contributed by atoms with van der Waals surface area (Å²) in [5.41, 5.74) is 1.70. The Labute approximate surface area is 141 Å². The maximum Gasteiger partial charge on any atom is 0.125 e. The third-order valence-corrected chi connectivity index (χ3v) is 4.39. The predicted octanol–water partition coefficient (Wildman–Crippen LogP) is 3.62. The number of aromatic hydroxyl groups is 1. The van der Waals surface area contributed by atoms with Crippen LogP contribution in [0.3, 0.4) is 0 Å². The van der Waals surface area contributed by atoms with Crippen LogP contribution >= 0.6 is 0 Å². The molecule has 3 rings (SSSR count). The van der Waals surface area contributed by atoms with Gasteiger partial charge in [0.15, 0.2) is 0 Å². The first kappa shape index (κ1) is 16.6. The lowest BCUT2D eigenvalue weighted by Crippen LogP contribution is -2.41. The number of halogens is 1. The van der Waals surface area contributed by atoms with Crippen molar-refractivity contribution in [1.82, 2.24) is 4.90 Å². The fourth-order valence-corrected chi connectivity index (χ4v) is 3.18. The summed E-state index contributed by atoms with van der Waals surface area (Å²) in [5, 5.41) is 13.5. The van der Waals surface area contributed by atoms with Crippen LogP contribution in [0.2, 0.25) is 0 Å². The van der Waals surface area contributed by atoms with E-state index in [2.05, 4.69) is 10.2 Å². The second-order valence-corrected chi connectivity index (χ2v) is 6.22. The molecule has 24 heavy (non-hydrogen) atoms. The Hall–Kier alpha value is -2.27. The highest BCUT2D eigenvalue weighted by Gasteiger charge is 2.20. The highest BCUT2D eigenvalue weighted by molar-refractivity contribution is 5.44. The van der Waals surface area contributed by atoms with Crippen molar-refractivity contribution in [3.63, 3.8) is 0 Å². The number of benzene rings is 2. The van der Waals surface area contributed by atoms with Crippen molar-refractivity contribution in [2.45, 2.75) is 25.4 Å². The van der Waals surface area contributed by atoms with E-state index in [0.717, 1.165) is 37.2 Å². The summed E-state index contributed by atoms with van der Waals surface area (Å²) in [6.07, 6.45) is 2.13. The Morgan fingerprint density at radius 1 is 1.29 bits per heavy atom. The molecular formula is C19H23FN2O2. The first-order chi connectivity index (χ1) is 11.6. The van der Waals surface area contributed by atoms with Gasteiger partial charge in [-0.15, -0.1) is 0 Å². The molecule has 2 aromatic rings. The number of phenolic OH excluding ortho intramolecular Hbond substituents is 1. The van der Waals surface area contributed by atoms with Crippen molar-refractivity contribution >= 4 is 5.69 Å². The second kappa shape index (κ2) is 7.53. The van der Waals surface area contributed by atoms with Gasteiger partial charge in [0.25, 0.3) is 0 Å². The monoisotopic (exact) mass is 330 g/mol. The predicted molar refractivity (Wildman–Crippen MR) is 93.0 cm³/mol. The Bertz CT molecular complexity index is 693. The number of methoxy groups -OCH3 is 1. The molecule has 0 amide bonds. The van der Waals surface area contributed by atoms with Gasteiger partial charge in [0.2, 0.25) is 0 Å². The van der Waals surface area contributed by atoms with Crippen molar-refractivity contribution in [3.8, 4) is 11.5 Å². The standard InChI is InChI=1S/C19H23FN2O2/c1-24-18-8-7-14(19(23)11-18)12-22-9-3-6-17(13-22)21-16-5-2-4-15(20)10-16/h2,4-5,7-8,10-11,17,21,23H,3,6,9,12-13H2,1H3/t17-/m0/s1. The molecule has 1 aliphatic heterocycles. The minimum atomic E-state index is -0.226. The first-order valence-electron chi connectivity index (χ1n) is 8.24. The summed E-state index contributed by atoms with van der Waals surface area (Å²) in [5.74, 6) is 0.686. The summed E-state index contributed by atoms with van der Waals surface area (Å²) < 4.78 is 18.4. The second-order valence-electron chi connectivity index (χ2n) is 6.22. The van der Waals surface area contributed by atoms with Crippen LogP contribution in [0.15, 0.2) is 42.5 Å². The minimum absolute atomic E-state index is 0.226. The average molecular weight is 330 g/mol. The third kappa shape index (κ3) is 4.17. The SMILES string of the molecule is COc1ccc(CN2CCC[C@H](Nc3cccc(F)c3)C2)c(O)c1. The Morgan fingerprint density at radius 2 is 2.17 bits per heavy atom. The first-order valence-corrected chi connectivity index (χ1v) is 8.24. The van der Waals surface area contributed by atoms with Gasteiger partial charge in [-0.25, -0.2) is 4.39 Å². The van der Waals surface area contributed by atoms with Gasteiger partial charge in [0, 0.05) is 36.4 Å². The smallest absolute Gasteiger partial charge is 0.125 e. The topological polar surface area (TPSA) is 44.7 Å². The number of ether oxygens (including phenoxy) is 1. The van der Waals surface area contributed by atoms with Crippen LogP contribution in [0.4, 0.5) is 10.1 Å². The molecule has 1 aliphatic rings. The van der Waals surface area contributed by atoms with E-state index in [1.807, 2.05) is 18.2 Å². The summed E-state index contributed by atoms with van der Waals surface area (Å²) in [6.45, 7) is 2.55. The number of piperidine rings is 1. The number of nitrogens with one attached hydrogen (secondary N) is 1. The molecule has 0 aliphatic carbocycles. The lowest BCUT2D eigenvalue weighted by Gasteiger charge is -2.33. The molecule has 2 aromatic carbocycles. The zero-order chi connectivity index (χ0) is 16.9. The molecule has 0 saturated carbocycles. The summed E-state index contributed by atoms with van der Waals surface area (Å²) in [6, 6.07) is 12.3. The Balaban J connectivity index is 1.61. The Morgan fingerprint density at radius 3 is 2.92 bits per heavy atom. The van der Waals surface area contributed by atoms with Gasteiger partial charge in [-0.2, -0.15) is 0 Å². The molecule has 5 heteroatoms. The normalized spacial score (nSPS) is 18.3. The zero-order valence-electron chi connectivity index (χ0n) is 13.8. The molecule has 1 heterocycles. The molecule has 1 saturated heterocycles. The summed E-state index contributed by atoms with van der Waals surface area (Å²) in [4.78, 5) is 2.31. The third-order valence-electron chi connectivity index (χ3n) is 4.39. The fourth-order valence-electron chi connectivity index (χ4n) is 3.18. The highest BCUT2D eigenvalue weighted by Crippen LogP contribution is 2.26. The molecule has 1 atom stereocenters. The number of hydrogen-bond acceptors (Lipinski definition) is 4. The lowest BCUT2D eigenvalue weighted by molar-refractivity contribution is 0.206. The fraction of sp³-hybridized carbons (Fsp3) is 0.368. The largest absolute Gasteiger partial charge is 0.507 e. The number of hydrogen-bond donors (Lipinski definition) is 2. The number of likely N-dealkylation sites (tertiary alicyclic amines) is 1. The summed E-state index contributed by atoms with van der Waals surface area (Å²) >= 11 is 0. The molecule has 0 radical (unpaired) electrons. The van der Waals surface area contributed by atoms with Crippen molar-refractivity contribution in [2.75, 3.05) is 25.5 Å². The average Bonchev–Trinajstić information content (AvgIpc) is 2.57. The molecule has 0 unspecified atom stereocenters. The van der Waals surface area contributed by atoms with Gasteiger partial charge in [0.1, 0.15) is 17.3 Å². The van der Waals surface area contributed by atoms with Gasteiger partial charge < -0.3 is 15.2 Å². The van der Waals surface area contributed by atoms with Crippen molar-refractivity contribution in [3.05, 3.63) is 53.8 Å². The van der Waals surface area contributed by atoms with Crippen LogP contribution in [0.5, 0.6) is 11.5 Å². The van der Waals surface area contributed by atoms with E-state index in [1.54, 1.807) is 19.2 Å². The maximum atomic E-state index is 13.3. The van der Waals surface area contributed by atoms with Crippen LogP contribution < -0.4 is 10.1 Å². The van der Waals surface area contributed by atoms with Gasteiger partial charge in [0.05, 0.1) is 7.11 Å². The number of rotatable bonds is 5. The molecule has 0 spiro atoms. The van der Waals surface area contributed by atoms with Gasteiger partial charge in [-0.05, 0) is 43.7 Å². The van der Waals surface area contributed by atoms with Gasteiger partial charge in [-0.1, -0.05) is 12.1 Å². The van der Waals surface area contributed by atoms with Gasteiger partial charge >= 0.3 is 0 Å². The number of phenols is 1. The van der Waals surface area contributed by atoms with Crippen LogP contribution in [0.1, 0.15) is 18.4 Å². The van der Waals surface area contributed by atoms with Crippen LogP contribution in [0.25, 0.3) is 0 Å². The van der Waals surface area contributed by atoms with E-state index in [4.69, 9.17) is 4.74 Å². The number of anilines is 1. The quantitative estimate of drug-likeness (QED) is 0.879. The molecule has 128 valence electrons. The maximum absolute atomic E-state index is 13.3. The van der Waals surface area contributed by atoms with E-state index < -0.39 is 0 Å². The van der Waals surface area contributed by atoms with E-state index in [-0.39, 0.29) is 17.6 Å². The van der Waals surface area contributed by atoms with E-state index in [1.165, 1.54) is 12.1 Å². The molecular weight excluding hydrogens is 307 g/mol. The molecule has 4 nitrogen and oxygen atoms in total. The van der Waals surface area contributed by atoms with Crippen molar-refractivity contribution in [1.29, 1.82) is 0 Å². The molecule has 2 N–H and O–H groups in total. The van der Waals surface area contributed by atoms with Gasteiger partial charge in [-0.3, -0.25) is 4.90 Å². The molecule has 0 bridgehead atoms. The van der Waals surface area contributed by atoms with E-state index in [9.17, 15) is 9.50 Å². The molecule has 0 aromatic heterocycles. The zero-order valence-corrected chi connectivity index (χ0v) is 13.8. The summed E-state index contributed by atoms with van der Waals surface area (Å²) in [7, 11) is 1.59. The number of nitrogens with zero attached hydrogens (tertiary/aromatic N) is 1. The minimum Gasteiger partial charge on any atom is -0.507 e. The van der Waals surface area contributed by atoms with Crippen LogP contribution in [-0.4, -0.2) is 36.2 Å². The van der Waals surface area contributed by atoms with E-state index in [0.29, 0.717) is 12.3 Å². The Kier molecular flexibility index (Phi) is 5.20. The lowest BCUT2D eigenvalue weighted by atomic mass is 10.0. The van der Waals surface area contributed by atoms with Crippen LogP contribution in [-0.2, 0) is 6.54 Å².